The van der Waals surface area contributed by atoms with Crippen molar-refractivity contribution in [3.8, 4) is 0 Å². The number of anilines is 2. The first kappa shape index (κ1) is 25.2. The van der Waals surface area contributed by atoms with Gasteiger partial charge in [0.05, 0.1) is 17.6 Å². The zero-order valence-electron chi connectivity index (χ0n) is 19.8. The van der Waals surface area contributed by atoms with E-state index in [1.165, 1.54) is 22.9 Å². The van der Waals surface area contributed by atoms with Gasteiger partial charge in [-0.05, 0) is 49.1 Å². The first-order valence-electron chi connectivity index (χ1n) is 11.0. The topological polar surface area (TPSA) is 146 Å². The molecule has 1 aromatic carbocycles. The first-order chi connectivity index (χ1) is 16.4. The Balaban J connectivity index is 1.96. The van der Waals surface area contributed by atoms with Gasteiger partial charge < -0.3 is 19.1 Å². The molecule has 1 aliphatic heterocycles. The minimum Gasteiger partial charge on any atom is -0.755 e. The minimum absolute atomic E-state index is 0.0226. The molecular formula is C22H27N5O6PS-. The van der Waals surface area contributed by atoms with Crippen LogP contribution in [-0.4, -0.2) is 24.6 Å². The van der Waals surface area contributed by atoms with Crippen LogP contribution in [0.25, 0.3) is 11.3 Å². The van der Waals surface area contributed by atoms with Crippen LogP contribution in [0, 0.1) is 5.41 Å². The Labute approximate surface area is 204 Å². The van der Waals surface area contributed by atoms with Crippen LogP contribution in [-0.2, 0) is 26.9 Å². The monoisotopic (exact) mass is 520 g/mol. The number of rotatable bonds is 6. The van der Waals surface area contributed by atoms with Crippen LogP contribution >= 0.6 is 7.52 Å². The van der Waals surface area contributed by atoms with Gasteiger partial charge in [-0.3, -0.25) is 28.0 Å². The number of aryl methyl sites for hydroxylation is 1. The van der Waals surface area contributed by atoms with Gasteiger partial charge in [0.25, 0.3) is 5.56 Å². The summed E-state index contributed by atoms with van der Waals surface area (Å²) in [6.45, 7) is 8.28. The fourth-order valence-corrected chi connectivity index (χ4v) is 6.12. The molecule has 0 aliphatic carbocycles. The summed E-state index contributed by atoms with van der Waals surface area (Å²) in [5.41, 5.74) is -0.287. The third kappa shape index (κ3) is 4.92. The lowest BCUT2D eigenvalue weighted by atomic mass is 9.92. The molecule has 0 radical (unpaired) electrons. The third-order valence-corrected chi connectivity index (χ3v) is 8.11. The quantitative estimate of drug-likeness (QED) is 0.327. The fraction of sp³-hybridized carbons (Fsp3) is 0.364. The fourth-order valence-electron chi connectivity index (χ4n) is 3.90. The van der Waals surface area contributed by atoms with Gasteiger partial charge in [-0.2, -0.15) is 0 Å². The number of benzene rings is 1. The molecule has 1 aliphatic rings. The summed E-state index contributed by atoms with van der Waals surface area (Å²) < 4.78 is 46.8. The van der Waals surface area contributed by atoms with E-state index in [4.69, 9.17) is 4.52 Å². The van der Waals surface area contributed by atoms with E-state index in [0.29, 0.717) is 24.2 Å². The number of nitrogens with one attached hydrogen (secondary N) is 3. The van der Waals surface area contributed by atoms with Crippen molar-refractivity contribution in [2.24, 2.45) is 5.41 Å². The molecule has 2 atom stereocenters. The number of nitrogens with zero attached hydrogens (tertiary/aromatic N) is 2. The summed E-state index contributed by atoms with van der Waals surface area (Å²) in [6.07, 6.45) is 2.34. The second-order valence-electron chi connectivity index (χ2n) is 9.33. The van der Waals surface area contributed by atoms with Crippen LogP contribution in [0.1, 0.15) is 34.1 Å². The molecule has 0 fully saturated rings. The highest BCUT2D eigenvalue weighted by Gasteiger charge is 2.35. The van der Waals surface area contributed by atoms with E-state index in [-0.39, 0.29) is 34.1 Å². The van der Waals surface area contributed by atoms with Crippen molar-refractivity contribution in [2.45, 2.75) is 40.7 Å². The van der Waals surface area contributed by atoms with Crippen LogP contribution in [0.4, 0.5) is 11.4 Å². The van der Waals surface area contributed by atoms with E-state index in [1.54, 1.807) is 29.8 Å². The third-order valence-electron chi connectivity index (χ3n) is 5.57. The molecule has 0 bridgehead atoms. The van der Waals surface area contributed by atoms with Crippen LogP contribution in [0.15, 0.2) is 46.1 Å². The first-order valence-corrected chi connectivity index (χ1v) is 13.7. The average Bonchev–Trinajstić information content (AvgIpc) is 3.23. The summed E-state index contributed by atoms with van der Waals surface area (Å²) in [4.78, 5) is 27.0. The molecule has 11 nitrogen and oxygen atoms in total. The van der Waals surface area contributed by atoms with Crippen molar-refractivity contribution in [3.05, 3.63) is 62.3 Å². The Morgan fingerprint density at radius 2 is 1.97 bits per heavy atom. The molecule has 0 saturated carbocycles. The number of hydrogen-bond acceptors (Lipinski definition) is 7. The number of fused-ring (bicyclic) bond motifs is 2. The molecule has 3 heterocycles. The van der Waals surface area contributed by atoms with Crippen LogP contribution in [0.3, 0.4) is 0 Å². The zero-order chi connectivity index (χ0) is 25.5. The molecule has 3 aromatic rings. The molecule has 188 valence electrons. The second kappa shape index (κ2) is 9.27. The Hall–Kier alpha value is -2.92. The molecule has 0 spiro atoms. The van der Waals surface area contributed by atoms with E-state index in [9.17, 15) is 22.9 Å². The predicted octanol–water partition coefficient (Wildman–Crippen LogP) is 1.46. The number of aromatic nitrogens is 2. The van der Waals surface area contributed by atoms with Gasteiger partial charge in [-0.15, -0.1) is 0 Å². The molecule has 4 rings (SSSR count). The van der Waals surface area contributed by atoms with E-state index in [1.807, 2.05) is 0 Å². The van der Waals surface area contributed by atoms with E-state index in [2.05, 4.69) is 35.9 Å². The van der Waals surface area contributed by atoms with Crippen molar-refractivity contribution in [1.82, 2.24) is 14.3 Å². The lowest BCUT2D eigenvalue weighted by Gasteiger charge is -2.30. The van der Waals surface area contributed by atoms with Gasteiger partial charge in [-0.1, -0.05) is 20.8 Å². The van der Waals surface area contributed by atoms with Gasteiger partial charge in [-0.25, -0.2) is 4.68 Å². The summed E-state index contributed by atoms with van der Waals surface area (Å²) >= 11 is -2.57. The average molecular weight is 521 g/mol. The van der Waals surface area contributed by atoms with Gasteiger partial charge in [0.1, 0.15) is 16.6 Å². The number of hydrogen-bond donors (Lipinski definition) is 3. The molecule has 13 heteroatoms. The largest absolute Gasteiger partial charge is 0.755 e. The molecule has 35 heavy (non-hydrogen) atoms. The SMILES string of the molecule is CCOP1(=O)NC(=c2c(=O)c3cccn3n(CCC(C)(C)C)c2=O)Nc2ccc(NS(=O)[O-])cc21. The second-order valence-corrected chi connectivity index (χ2v) is 12.1. The Morgan fingerprint density at radius 1 is 1.23 bits per heavy atom. The molecule has 2 unspecified atom stereocenters. The van der Waals surface area contributed by atoms with E-state index >= 15 is 0 Å². The van der Waals surface area contributed by atoms with Gasteiger partial charge in [0.15, 0.2) is 0 Å². The molecular weight excluding hydrogens is 493 g/mol. The van der Waals surface area contributed by atoms with E-state index in [0.717, 1.165) is 0 Å². The highest BCUT2D eigenvalue weighted by atomic mass is 32.2. The van der Waals surface area contributed by atoms with Crippen molar-refractivity contribution < 1.29 is 17.9 Å². The van der Waals surface area contributed by atoms with Gasteiger partial charge in [0, 0.05) is 29.7 Å². The van der Waals surface area contributed by atoms with Crippen molar-refractivity contribution in [1.29, 1.82) is 0 Å². The molecule has 0 amide bonds. The zero-order valence-corrected chi connectivity index (χ0v) is 21.5. The summed E-state index contributed by atoms with van der Waals surface area (Å²) in [6, 6.07) is 7.68. The van der Waals surface area contributed by atoms with Crippen molar-refractivity contribution in [3.63, 3.8) is 0 Å². The van der Waals surface area contributed by atoms with Gasteiger partial charge in [0.2, 0.25) is 5.43 Å². The summed E-state index contributed by atoms with van der Waals surface area (Å²) in [5.74, 6) is -0.0226. The maximum Gasteiger partial charge on any atom is 0.327 e. The smallest absolute Gasteiger partial charge is 0.327 e. The normalized spacial score (nSPS) is 20.1. The maximum absolute atomic E-state index is 13.9. The van der Waals surface area contributed by atoms with Crippen molar-refractivity contribution >= 4 is 46.8 Å². The Kier molecular flexibility index (Phi) is 6.67. The van der Waals surface area contributed by atoms with Crippen LogP contribution in [0.2, 0.25) is 0 Å². The Bertz CT molecular complexity index is 1540. The Morgan fingerprint density at radius 3 is 2.63 bits per heavy atom. The predicted molar refractivity (Wildman–Crippen MR) is 135 cm³/mol. The standard InChI is InChI=1S/C22H28N5O6PS/c1-5-33-34(30)17-13-14(25-35(31)32)8-9-15(17)23-20(24-34)18-19(28)16-7-6-11-26(16)27(21(18)29)12-10-22(2,3)4/h6-9,11,13,23,25H,5,10,12H2,1-4H3,(H,24,30)(H,31,32)/p-1. The minimum atomic E-state index is -3.82. The lowest BCUT2D eigenvalue weighted by Crippen LogP contribution is -2.52. The summed E-state index contributed by atoms with van der Waals surface area (Å²) in [7, 11) is -3.82. The molecule has 2 aromatic heterocycles. The highest BCUT2D eigenvalue weighted by Crippen LogP contribution is 2.47. The van der Waals surface area contributed by atoms with E-state index < -0.39 is 29.8 Å². The maximum atomic E-state index is 13.9. The van der Waals surface area contributed by atoms with Crippen LogP contribution < -0.4 is 36.6 Å². The van der Waals surface area contributed by atoms with Crippen molar-refractivity contribution in [2.75, 3.05) is 16.6 Å². The summed E-state index contributed by atoms with van der Waals surface area (Å²) in [5, 5.41) is 5.75. The molecule has 0 saturated heterocycles. The van der Waals surface area contributed by atoms with Gasteiger partial charge >= 0.3 is 7.52 Å². The lowest BCUT2D eigenvalue weighted by molar-refractivity contribution is 0.331. The molecule has 3 N–H and O–H groups in total. The highest BCUT2D eigenvalue weighted by molar-refractivity contribution is 7.80. The van der Waals surface area contributed by atoms with Crippen LogP contribution in [0.5, 0.6) is 0 Å².